The van der Waals surface area contributed by atoms with Crippen molar-refractivity contribution in [1.82, 2.24) is 38.4 Å². The Bertz CT molecular complexity index is 1920. The first kappa shape index (κ1) is 30.3. The highest BCUT2D eigenvalue weighted by atomic mass is 19.1. The predicted molar refractivity (Wildman–Crippen MR) is 166 cm³/mol. The Morgan fingerprint density at radius 2 is 1.80 bits per heavy atom. The first-order chi connectivity index (χ1) is 21.5. The number of nitrogens with two attached hydrogens (primary N) is 1. The summed E-state index contributed by atoms with van der Waals surface area (Å²) < 4.78 is 39.7. The number of aryl methyl sites for hydroxylation is 1. The van der Waals surface area contributed by atoms with E-state index < -0.39 is 17.5 Å². The van der Waals surface area contributed by atoms with Crippen molar-refractivity contribution in [2.75, 3.05) is 77.6 Å². The molecule has 0 radical (unpaired) electrons. The molecule has 15 heteroatoms. The molecule has 1 aromatic carbocycles. The second kappa shape index (κ2) is 12.0. The van der Waals surface area contributed by atoms with Crippen LogP contribution in [0.25, 0.3) is 28.1 Å². The van der Waals surface area contributed by atoms with Gasteiger partial charge < -0.3 is 24.9 Å². The maximum Gasteiger partial charge on any atom is 0.330 e. The molecule has 6 rings (SSSR count). The molecule has 13 nitrogen and oxygen atoms in total. The van der Waals surface area contributed by atoms with Gasteiger partial charge in [0.25, 0.3) is 5.91 Å². The molecule has 5 heterocycles. The number of fused-ring (bicyclic) bond motifs is 3. The van der Waals surface area contributed by atoms with E-state index in [-0.39, 0.29) is 22.9 Å². The number of benzene rings is 1. The summed E-state index contributed by atoms with van der Waals surface area (Å²) >= 11 is 0. The van der Waals surface area contributed by atoms with Crippen LogP contribution in [0.3, 0.4) is 0 Å². The third kappa shape index (κ3) is 5.64. The number of nitrogen functional groups attached to an aromatic ring is 1. The third-order valence-electron chi connectivity index (χ3n) is 8.33. The third-order valence-corrected chi connectivity index (χ3v) is 8.33. The summed E-state index contributed by atoms with van der Waals surface area (Å²) in [6.45, 7) is 4.04. The maximum atomic E-state index is 14.9. The van der Waals surface area contributed by atoms with Crippen molar-refractivity contribution in [2.24, 2.45) is 7.05 Å². The Kier molecular flexibility index (Phi) is 8.05. The molecule has 1 aliphatic heterocycles. The number of nitrogens with zero attached hydrogens (tertiary/aromatic N) is 9. The van der Waals surface area contributed by atoms with Gasteiger partial charge in [-0.2, -0.15) is 14.6 Å². The number of carbonyl (C=O) groups is 1. The lowest BCUT2D eigenvalue weighted by molar-refractivity contribution is 0.0781. The van der Waals surface area contributed by atoms with Crippen LogP contribution in [0.4, 0.5) is 20.4 Å². The highest BCUT2D eigenvalue weighted by Crippen LogP contribution is 2.27. The SMILES string of the molecule is CN(C)CCN(C)C(=O)c1cc(N2CCN(CCn3c(=O)n(C)c4c3nc(N)n3nc(-c5ccco5)cc43)CC2)c(F)cc1F. The zero-order chi connectivity index (χ0) is 32.0. The highest BCUT2D eigenvalue weighted by Gasteiger charge is 2.26. The summed E-state index contributed by atoms with van der Waals surface area (Å²) in [6, 6.07) is 7.48. The van der Waals surface area contributed by atoms with Crippen molar-refractivity contribution >= 4 is 34.2 Å². The first-order valence-corrected chi connectivity index (χ1v) is 14.7. The molecule has 0 bridgehead atoms. The monoisotopic (exact) mass is 622 g/mol. The first-order valence-electron chi connectivity index (χ1n) is 14.7. The van der Waals surface area contributed by atoms with Crippen LogP contribution in [-0.2, 0) is 13.6 Å². The fraction of sp³-hybridized carbons (Fsp3) is 0.400. The van der Waals surface area contributed by atoms with Crippen molar-refractivity contribution in [3.8, 4) is 11.5 Å². The number of hydrogen-bond acceptors (Lipinski definition) is 9. The van der Waals surface area contributed by atoms with E-state index in [0.717, 1.165) is 6.07 Å². The lowest BCUT2D eigenvalue weighted by Crippen LogP contribution is -2.48. The number of hydrogen-bond donors (Lipinski definition) is 1. The Labute approximate surface area is 257 Å². The van der Waals surface area contributed by atoms with Crippen LogP contribution in [0.2, 0.25) is 0 Å². The second-order valence-electron chi connectivity index (χ2n) is 11.6. The van der Waals surface area contributed by atoms with Gasteiger partial charge in [-0.05, 0) is 38.4 Å². The van der Waals surface area contributed by atoms with Gasteiger partial charge in [-0.25, -0.2) is 13.6 Å². The van der Waals surface area contributed by atoms with E-state index >= 15 is 0 Å². The van der Waals surface area contributed by atoms with E-state index in [0.29, 0.717) is 80.5 Å². The van der Waals surface area contributed by atoms with Crippen molar-refractivity contribution in [3.05, 3.63) is 64.3 Å². The number of halogens is 2. The molecule has 5 aromatic rings. The average molecular weight is 623 g/mol. The van der Waals surface area contributed by atoms with E-state index in [9.17, 15) is 18.4 Å². The van der Waals surface area contributed by atoms with E-state index in [4.69, 9.17) is 10.2 Å². The van der Waals surface area contributed by atoms with Crippen LogP contribution in [0.15, 0.2) is 45.8 Å². The molecule has 1 aliphatic rings. The minimum atomic E-state index is -0.878. The summed E-state index contributed by atoms with van der Waals surface area (Å²) in [4.78, 5) is 38.1. The number of carbonyl (C=O) groups excluding carboxylic acids is 1. The fourth-order valence-corrected chi connectivity index (χ4v) is 5.73. The number of amides is 1. The number of rotatable bonds is 9. The zero-order valence-corrected chi connectivity index (χ0v) is 25.7. The number of piperazine rings is 1. The van der Waals surface area contributed by atoms with Crippen molar-refractivity contribution in [2.45, 2.75) is 6.54 Å². The molecule has 238 valence electrons. The largest absolute Gasteiger partial charge is 0.463 e. The van der Waals surface area contributed by atoms with Gasteiger partial charge in [0.2, 0.25) is 5.95 Å². The van der Waals surface area contributed by atoms with Crippen molar-refractivity contribution in [1.29, 1.82) is 0 Å². The van der Waals surface area contributed by atoms with Crippen LogP contribution in [0, 0.1) is 11.6 Å². The summed E-state index contributed by atoms with van der Waals surface area (Å²) in [5.41, 5.74) is 8.35. The molecule has 0 unspecified atom stereocenters. The predicted octanol–water partition coefficient (Wildman–Crippen LogP) is 1.96. The van der Waals surface area contributed by atoms with Gasteiger partial charge in [0.15, 0.2) is 11.4 Å². The minimum Gasteiger partial charge on any atom is -0.463 e. The summed E-state index contributed by atoms with van der Waals surface area (Å²) in [6.07, 6.45) is 1.56. The molecule has 0 aliphatic carbocycles. The van der Waals surface area contributed by atoms with E-state index in [2.05, 4.69) is 15.0 Å². The van der Waals surface area contributed by atoms with Crippen molar-refractivity contribution < 1.29 is 18.0 Å². The van der Waals surface area contributed by atoms with Gasteiger partial charge in [-0.1, -0.05) is 0 Å². The van der Waals surface area contributed by atoms with Gasteiger partial charge in [-0.15, -0.1) is 0 Å². The van der Waals surface area contributed by atoms with Crippen LogP contribution >= 0.6 is 0 Å². The molecule has 4 aromatic heterocycles. The molecule has 1 saturated heterocycles. The Morgan fingerprint density at radius 3 is 2.49 bits per heavy atom. The smallest absolute Gasteiger partial charge is 0.330 e. The molecule has 2 N–H and O–H groups in total. The minimum absolute atomic E-state index is 0.145. The molecule has 0 spiro atoms. The second-order valence-corrected chi connectivity index (χ2v) is 11.6. The van der Waals surface area contributed by atoms with Gasteiger partial charge in [0.05, 0.1) is 23.0 Å². The number of imidazole rings is 1. The quantitative estimate of drug-likeness (QED) is 0.263. The summed E-state index contributed by atoms with van der Waals surface area (Å²) in [5.74, 6) is -1.36. The van der Waals surface area contributed by atoms with Crippen LogP contribution in [0.1, 0.15) is 10.4 Å². The molecule has 1 fully saturated rings. The fourth-order valence-electron chi connectivity index (χ4n) is 5.73. The normalized spacial score (nSPS) is 14.3. The van der Waals surface area contributed by atoms with Crippen molar-refractivity contribution in [3.63, 3.8) is 0 Å². The molecular weight excluding hydrogens is 586 g/mol. The van der Waals surface area contributed by atoms with E-state index in [1.165, 1.54) is 20.0 Å². The average Bonchev–Trinajstić information content (AvgIpc) is 3.75. The number of likely N-dealkylation sites (N-methyl/N-ethyl adjacent to an activating group) is 2. The van der Waals surface area contributed by atoms with Crippen LogP contribution in [-0.4, -0.2) is 111 Å². The van der Waals surface area contributed by atoms with Gasteiger partial charge in [-0.3, -0.25) is 18.8 Å². The zero-order valence-electron chi connectivity index (χ0n) is 25.7. The van der Waals surface area contributed by atoms with Gasteiger partial charge >= 0.3 is 5.69 Å². The molecule has 0 atom stereocenters. The molecule has 1 amide bonds. The topological polar surface area (TPSA) is 126 Å². The van der Waals surface area contributed by atoms with Gasteiger partial charge in [0.1, 0.15) is 22.8 Å². The Morgan fingerprint density at radius 1 is 1.04 bits per heavy atom. The number of aromatic nitrogens is 5. The van der Waals surface area contributed by atoms with Crippen LogP contribution < -0.4 is 16.3 Å². The number of anilines is 2. The summed E-state index contributed by atoms with van der Waals surface area (Å²) in [7, 11) is 7.07. The van der Waals surface area contributed by atoms with Gasteiger partial charge in [0, 0.05) is 72.5 Å². The summed E-state index contributed by atoms with van der Waals surface area (Å²) in [5, 5.41) is 4.51. The lowest BCUT2D eigenvalue weighted by Gasteiger charge is -2.36. The Hall–Kier alpha value is -4.76. The van der Waals surface area contributed by atoms with E-state index in [1.807, 2.05) is 30.0 Å². The van der Waals surface area contributed by atoms with Crippen LogP contribution in [0.5, 0.6) is 0 Å². The van der Waals surface area contributed by atoms with E-state index in [1.54, 1.807) is 37.1 Å². The molecule has 45 heavy (non-hydrogen) atoms. The molecule has 0 saturated carbocycles. The highest BCUT2D eigenvalue weighted by molar-refractivity contribution is 5.95. The lowest BCUT2D eigenvalue weighted by atomic mass is 10.1. The molecular formula is C30H36F2N10O3. The maximum absolute atomic E-state index is 14.9. The number of furan rings is 1. The Balaban J connectivity index is 1.16. The standard InChI is InChI=1S/C30H36F2N10O3/c1-36(2)7-8-37(3)28(43)19-16-23(21(32)17-20(19)31)40-12-9-39(10-13-40)11-14-41-27-26(38(4)30(41)44)24-18-22(25-6-5-15-45-25)35-42(24)29(33)34-27/h5-6,15-18H,7-14H2,1-4H3,(H2,33,34).